The first-order chi connectivity index (χ1) is 13.4. The lowest BCUT2D eigenvalue weighted by molar-refractivity contribution is -0.121. The maximum Gasteiger partial charge on any atom is 0.257 e. The van der Waals surface area contributed by atoms with Crippen molar-refractivity contribution in [2.75, 3.05) is 5.43 Å². The molecule has 8 nitrogen and oxygen atoms in total. The Morgan fingerprint density at radius 1 is 1.04 bits per heavy atom. The molecule has 0 spiro atoms. The first kappa shape index (κ1) is 18.3. The van der Waals surface area contributed by atoms with Crippen LogP contribution in [0.5, 0.6) is 0 Å². The van der Waals surface area contributed by atoms with Crippen molar-refractivity contribution in [3.8, 4) is 0 Å². The second-order valence-corrected chi connectivity index (χ2v) is 8.59. The number of sulfonamides is 1. The van der Waals surface area contributed by atoms with Crippen molar-refractivity contribution in [3.63, 3.8) is 0 Å². The average Bonchev–Trinajstić information content (AvgIpc) is 3.20. The van der Waals surface area contributed by atoms with Crippen LogP contribution in [0, 0.1) is 6.92 Å². The fourth-order valence-electron chi connectivity index (χ4n) is 3.28. The smallest absolute Gasteiger partial charge is 0.257 e. The van der Waals surface area contributed by atoms with Gasteiger partial charge in [0.15, 0.2) is 0 Å². The van der Waals surface area contributed by atoms with Gasteiger partial charge in [-0.25, -0.2) is 13.1 Å². The third-order valence-electron chi connectivity index (χ3n) is 4.79. The molecule has 1 atom stereocenters. The zero-order chi connectivity index (χ0) is 19.7. The zero-order valence-corrected chi connectivity index (χ0v) is 16.0. The molecule has 0 bridgehead atoms. The molecular formula is C19H19N5O3S. The van der Waals surface area contributed by atoms with Crippen LogP contribution in [0.15, 0.2) is 66.1 Å². The Morgan fingerprint density at radius 3 is 2.36 bits per heavy atom. The van der Waals surface area contributed by atoms with Crippen LogP contribution < -0.4 is 5.43 Å². The average molecular weight is 397 g/mol. The number of nitrogens with one attached hydrogen (secondary N) is 1. The summed E-state index contributed by atoms with van der Waals surface area (Å²) < 4.78 is 29.2. The number of carbonyl (C=O) groups is 1. The molecule has 1 aliphatic rings. The van der Waals surface area contributed by atoms with Crippen LogP contribution >= 0.6 is 0 Å². The van der Waals surface area contributed by atoms with Crippen molar-refractivity contribution >= 4 is 15.9 Å². The Morgan fingerprint density at radius 2 is 1.68 bits per heavy atom. The van der Waals surface area contributed by atoms with Crippen molar-refractivity contribution in [3.05, 3.63) is 77.9 Å². The third kappa shape index (κ3) is 3.41. The van der Waals surface area contributed by atoms with E-state index >= 15 is 0 Å². The van der Waals surface area contributed by atoms with E-state index in [1.807, 2.05) is 31.2 Å². The van der Waals surface area contributed by atoms with Gasteiger partial charge in [0.25, 0.3) is 5.91 Å². The van der Waals surface area contributed by atoms with E-state index in [9.17, 15) is 13.2 Å². The highest BCUT2D eigenvalue weighted by molar-refractivity contribution is 7.89. The minimum atomic E-state index is -3.86. The first-order valence-electron chi connectivity index (χ1n) is 8.76. The summed E-state index contributed by atoms with van der Waals surface area (Å²) in [5.41, 5.74) is 5.45. The second-order valence-electron chi connectivity index (χ2n) is 6.70. The summed E-state index contributed by atoms with van der Waals surface area (Å²) in [6.07, 6.45) is 2.97. The quantitative estimate of drug-likeness (QED) is 0.719. The van der Waals surface area contributed by atoms with Crippen molar-refractivity contribution in [2.24, 2.45) is 0 Å². The summed E-state index contributed by atoms with van der Waals surface area (Å²) in [7, 11) is -3.86. The lowest BCUT2D eigenvalue weighted by Gasteiger charge is -2.35. The molecule has 0 aliphatic carbocycles. The maximum atomic E-state index is 13.3. The van der Waals surface area contributed by atoms with Crippen LogP contribution in [0.4, 0.5) is 0 Å². The highest BCUT2D eigenvalue weighted by atomic mass is 32.2. The normalized spacial score (nSPS) is 17.1. The molecule has 2 heterocycles. The van der Waals surface area contributed by atoms with Gasteiger partial charge in [-0.3, -0.25) is 10.2 Å². The minimum Gasteiger partial charge on any atom is -0.271 e. The Hall–Kier alpha value is -3.04. The molecule has 2 aromatic carbocycles. The molecule has 28 heavy (non-hydrogen) atoms. The van der Waals surface area contributed by atoms with E-state index in [4.69, 9.17) is 0 Å². The highest BCUT2D eigenvalue weighted by Crippen LogP contribution is 2.29. The Kier molecular flexibility index (Phi) is 4.70. The molecule has 9 heteroatoms. The molecule has 1 aliphatic heterocycles. The van der Waals surface area contributed by atoms with Crippen molar-refractivity contribution in [1.82, 2.24) is 19.2 Å². The Balaban J connectivity index is 1.72. The third-order valence-corrected chi connectivity index (χ3v) is 6.66. The Labute approximate surface area is 162 Å². The number of carbonyl (C=O) groups excluding carboxylic acids is 1. The first-order valence-corrected chi connectivity index (χ1v) is 10.2. The van der Waals surface area contributed by atoms with Crippen LogP contribution in [0.25, 0.3) is 0 Å². The number of amides is 1. The maximum absolute atomic E-state index is 13.3. The number of benzene rings is 2. The van der Waals surface area contributed by atoms with Crippen molar-refractivity contribution in [1.29, 1.82) is 0 Å². The monoisotopic (exact) mass is 397 g/mol. The molecule has 0 saturated carbocycles. The van der Waals surface area contributed by atoms with Gasteiger partial charge >= 0.3 is 0 Å². The molecule has 0 saturated heterocycles. The van der Waals surface area contributed by atoms with Gasteiger partial charge in [0.2, 0.25) is 10.0 Å². The summed E-state index contributed by atoms with van der Waals surface area (Å²) in [5.74, 6) is -0.440. The van der Waals surface area contributed by atoms with E-state index in [1.165, 1.54) is 21.6 Å². The number of fused-ring (bicyclic) bond motifs is 1. The van der Waals surface area contributed by atoms with Crippen molar-refractivity contribution < 1.29 is 13.2 Å². The summed E-state index contributed by atoms with van der Waals surface area (Å²) in [4.78, 5) is 13.1. The largest absolute Gasteiger partial charge is 0.271 e. The topological polar surface area (TPSA) is 97.2 Å². The predicted octanol–water partition coefficient (Wildman–Crippen LogP) is 1.47. The van der Waals surface area contributed by atoms with Crippen molar-refractivity contribution in [2.45, 2.75) is 30.8 Å². The van der Waals surface area contributed by atoms with E-state index in [-0.39, 0.29) is 17.9 Å². The molecule has 1 N–H and O–H groups in total. The summed E-state index contributed by atoms with van der Waals surface area (Å²) in [6, 6.07) is 13.3. The fourth-order valence-corrected chi connectivity index (χ4v) is 4.85. The molecule has 0 unspecified atom stereocenters. The van der Waals surface area contributed by atoms with E-state index in [0.29, 0.717) is 0 Å². The summed E-state index contributed by atoms with van der Waals surface area (Å²) >= 11 is 0. The van der Waals surface area contributed by atoms with E-state index < -0.39 is 22.0 Å². The number of nitrogens with zero attached hydrogens (tertiary/aromatic N) is 4. The molecule has 0 fully saturated rings. The van der Waals surface area contributed by atoms with Gasteiger partial charge in [0, 0.05) is 6.54 Å². The molecule has 144 valence electrons. The molecule has 3 aromatic rings. The van der Waals surface area contributed by atoms with E-state index in [0.717, 1.165) is 16.7 Å². The zero-order valence-electron chi connectivity index (χ0n) is 15.2. The predicted molar refractivity (Wildman–Crippen MR) is 102 cm³/mol. The van der Waals surface area contributed by atoms with Gasteiger partial charge in [-0.1, -0.05) is 42.0 Å². The van der Waals surface area contributed by atoms with Crippen LogP contribution in [0.1, 0.15) is 16.7 Å². The van der Waals surface area contributed by atoms with Gasteiger partial charge in [-0.05, 0) is 36.6 Å². The van der Waals surface area contributed by atoms with Gasteiger partial charge in [-0.15, -0.1) is 10.2 Å². The number of aryl methyl sites for hydroxylation is 1. The number of rotatable bonds is 4. The molecular weight excluding hydrogens is 378 g/mol. The second kappa shape index (κ2) is 7.17. The molecule has 4 rings (SSSR count). The van der Waals surface area contributed by atoms with E-state index in [1.54, 1.807) is 24.3 Å². The Bertz CT molecular complexity index is 1090. The summed E-state index contributed by atoms with van der Waals surface area (Å²) in [6.45, 7) is 2.02. The number of aromatic nitrogens is 3. The van der Waals surface area contributed by atoms with Gasteiger partial charge in [0.1, 0.15) is 18.7 Å². The lowest BCUT2D eigenvalue weighted by Crippen LogP contribution is -2.51. The lowest BCUT2D eigenvalue weighted by atomic mass is 9.95. The van der Waals surface area contributed by atoms with Gasteiger partial charge in [0.05, 0.1) is 4.90 Å². The van der Waals surface area contributed by atoms with Gasteiger partial charge < -0.3 is 0 Å². The molecule has 0 radical (unpaired) electrons. The summed E-state index contributed by atoms with van der Waals surface area (Å²) in [5, 5.41) is 7.29. The molecule has 1 amide bonds. The van der Waals surface area contributed by atoms with E-state index in [2.05, 4.69) is 15.6 Å². The van der Waals surface area contributed by atoms with Crippen LogP contribution in [-0.4, -0.2) is 39.5 Å². The van der Waals surface area contributed by atoms with Crippen LogP contribution in [0.2, 0.25) is 0 Å². The van der Waals surface area contributed by atoms with Crippen LogP contribution in [-0.2, 0) is 27.8 Å². The number of hydrogen-bond acceptors (Lipinski definition) is 5. The van der Waals surface area contributed by atoms with Gasteiger partial charge in [-0.2, -0.15) is 4.31 Å². The van der Waals surface area contributed by atoms with Crippen LogP contribution in [0.3, 0.4) is 0 Å². The standard InChI is InChI=1S/C19H19N5O3S/c1-14-6-8-17(9-7-14)28(26,27)24-11-16-5-3-2-4-15(16)10-18(24)19(25)22-23-12-20-21-13-23/h2-9,12-13,18H,10-11H2,1H3,(H,22,25)/t18-/m1/s1. The minimum absolute atomic E-state index is 0.132. The molecule has 1 aromatic heterocycles. The highest BCUT2D eigenvalue weighted by Gasteiger charge is 2.39. The fraction of sp³-hybridized carbons (Fsp3) is 0.211. The number of hydrogen-bond donors (Lipinski definition) is 1. The SMILES string of the molecule is Cc1ccc(S(=O)(=O)N2Cc3ccccc3C[C@@H]2C(=O)Nn2cnnc2)cc1.